The Bertz CT molecular complexity index is 680. The normalized spacial score (nSPS) is 16.2. The van der Waals surface area contributed by atoms with Gasteiger partial charge in [0.05, 0.1) is 6.10 Å². The summed E-state index contributed by atoms with van der Waals surface area (Å²) in [6, 6.07) is 10.4. The lowest BCUT2D eigenvalue weighted by molar-refractivity contribution is 0.119. The lowest BCUT2D eigenvalue weighted by atomic mass is 9.96. The second-order valence-corrected chi connectivity index (χ2v) is 7.32. The fourth-order valence-electron chi connectivity index (χ4n) is 2.76. The predicted octanol–water partition coefficient (Wildman–Crippen LogP) is 4.15. The summed E-state index contributed by atoms with van der Waals surface area (Å²) in [5, 5.41) is 11.1. The van der Waals surface area contributed by atoms with Crippen molar-refractivity contribution in [1.82, 2.24) is 10.6 Å². The SMILES string of the molecule is CN=C(NCc1ccccc1OC1CCC1)NCC(C)c1ccsc1. The number of thiophene rings is 1. The number of nitrogens with one attached hydrogen (secondary N) is 2. The van der Waals surface area contributed by atoms with Crippen LogP contribution in [-0.2, 0) is 6.54 Å². The summed E-state index contributed by atoms with van der Waals surface area (Å²) in [6.07, 6.45) is 4.02. The molecule has 0 saturated heterocycles. The Kier molecular flexibility index (Phi) is 6.34. The Labute approximate surface area is 154 Å². The molecule has 0 radical (unpaired) electrons. The van der Waals surface area contributed by atoms with Crippen molar-refractivity contribution in [2.24, 2.45) is 4.99 Å². The third-order valence-electron chi connectivity index (χ3n) is 4.68. The fraction of sp³-hybridized carbons (Fsp3) is 0.450. The van der Waals surface area contributed by atoms with Crippen molar-refractivity contribution < 1.29 is 4.74 Å². The van der Waals surface area contributed by atoms with Gasteiger partial charge in [0, 0.05) is 25.7 Å². The monoisotopic (exact) mass is 357 g/mol. The van der Waals surface area contributed by atoms with Crippen molar-refractivity contribution in [3.05, 3.63) is 52.2 Å². The molecule has 2 N–H and O–H groups in total. The Morgan fingerprint density at radius 1 is 1.28 bits per heavy atom. The van der Waals surface area contributed by atoms with Gasteiger partial charge in [0.15, 0.2) is 5.96 Å². The Balaban J connectivity index is 1.51. The highest BCUT2D eigenvalue weighted by atomic mass is 32.1. The molecular formula is C20H27N3OS. The summed E-state index contributed by atoms with van der Waals surface area (Å²) < 4.78 is 6.10. The summed E-state index contributed by atoms with van der Waals surface area (Å²) in [5.74, 6) is 2.27. The molecule has 1 saturated carbocycles. The van der Waals surface area contributed by atoms with Crippen LogP contribution in [0.2, 0.25) is 0 Å². The molecule has 1 heterocycles. The van der Waals surface area contributed by atoms with E-state index >= 15 is 0 Å². The molecule has 1 aliphatic carbocycles. The van der Waals surface area contributed by atoms with Crippen molar-refractivity contribution in [1.29, 1.82) is 0 Å². The van der Waals surface area contributed by atoms with Crippen LogP contribution in [0.15, 0.2) is 46.1 Å². The molecule has 134 valence electrons. The van der Waals surface area contributed by atoms with Crippen molar-refractivity contribution in [2.75, 3.05) is 13.6 Å². The summed E-state index contributed by atoms with van der Waals surface area (Å²) in [5.41, 5.74) is 2.54. The highest BCUT2D eigenvalue weighted by Gasteiger charge is 2.20. The molecule has 1 aromatic carbocycles. The van der Waals surface area contributed by atoms with Crippen molar-refractivity contribution >= 4 is 17.3 Å². The van der Waals surface area contributed by atoms with E-state index in [-0.39, 0.29) is 0 Å². The number of ether oxygens (including phenoxy) is 1. The molecule has 1 atom stereocenters. The maximum atomic E-state index is 6.10. The minimum atomic E-state index is 0.394. The topological polar surface area (TPSA) is 45.7 Å². The van der Waals surface area contributed by atoms with Gasteiger partial charge >= 0.3 is 0 Å². The highest BCUT2D eigenvalue weighted by molar-refractivity contribution is 7.07. The number of guanidine groups is 1. The molecule has 0 amide bonds. The lowest BCUT2D eigenvalue weighted by Gasteiger charge is -2.27. The van der Waals surface area contributed by atoms with E-state index in [0.29, 0.717) is 18.6 Å². The van der Waals surface area contributed by atoms with Crippen molar-refractivity contribution in [3.8, 4) is 5.75 Å². The summed E-state index contributed by atoms with van der Waals surface area (Å²) in [6.45, 7) is 3.79. The van der Waals surface area contributed by atoms with Gasteiger partial charge in [-0.05, 0) is 53.6 Å². The van der Waals surface area contributed by atoms with Crippen LogP contribution < -0.4 is 15.4 Å². The summed E-state index contributed by atoms with van der Waals surface area (Å²) in [7, 11) is 1.81. The van der Waals surface area contributed by atoms with Gasteiger partial charge in [-0.3, -0.25) is 4.99 Å². The third kappa shape index (κ3) is 4.98. The smallest absolute Gasteiger partial charge is 0.191 e. The number of rotatable bonds is 7. The number of nitrogens with zero attached hydrogens (tertiary/aromatic N) is 1. The quantitative estimate of drug-likeness (QED) is 0.578. The van der Waals surface area contributed by atoms with Crippen LogP contribution in [0.1, 0.15) is 43.2 Å². The highest BCUT2D eigenvalue weighted by Crippen LogP contribution is 2.27. The van der Waals surface area contributed by atoms with Crippen LogP contribution in [-0.4, -0.2) is 25.7 Å². The molecule has 3 rings (SSSR count). The van der Waals surface area contributed by atoms with Crippen LogP contribution in [0.3, 0.4) is 0 Å². The Hall–Kier alpha value is -2.01. The first-order valence-corrected chi connectivity index (χ1v) is 9.91. The third-order valence-corrected chi connectivity index (χ3v) is 5.38. The van der Waals surface area contributed by atoms with Crippen LogP contribution in [0.4, 0.5) is 0 Å². The number of hydrogen-bond donors (Lipinski definition) is 2. The van der Waals surface area contributed by atoms with E-state index in [0.717, 1.165) is 18.3 Å². The molecule has 25 heavy (non-hydrogen) atoms. The summed E-state index contributed by atoms with van der Waals surface area (Å²) in [4.78, 5) is 4.33. The van der Waals surface area contributed by atoms with Crippen LogP contribution in [0, 0.1) is 0 Å². The number of para-hydroxylation sites is 1. The second kappa shape index (κ2) is 8.90. The average molecular weight is 358 g/mol. The van der Waals surface area contributed by atoms with Gasteiger partial charge < -0.3 is 15.4 Å². The molecule has 0 spiro atoms. The van der Waals surface area contributed by atoms with Gasteiger partial charge in [-0.1, -0.05) is 25.1 Å². The first-order valence-electron chi connectivity index (χ1n) is 8.97. The zero-order valence-electron chi connectivity index (χ0n) is 15.0. The number of benzene rings is 1. The molecule has 1 aromatic heterocycles. The second-order valence-electron chi connectivity index (χ2n) is 6.54. The molecule has 1 aliphatic rings. The number of aliphatic imine (C=N–C) groups is 1. The number of hydrogen-bond acceptors (Lipinski definition) is 3. The van der Waals surface area contributed by atoms with E-state index in [1.54, 1.807) is 18.4 Å². The molecule has 0 bridgehead atoms. The summed E-state index contributed by atoms with van der Waals surface area (Å²) >= 11 is 1.74. The van der Waals surface area contributed by atoms with E-state index < -0.39 is 0 Å². The fourth-order valence-corrected chi connectivity index (χ4v) is 3.54. The molecule has 2 aromatic rings. The zero-order chi connectivity index (χ0) is 17.5. The van der Waals surface area contributed by atoms with E-state index in [4.69, 9.17) is 4.74 Å². The molecule has 1 unspecified atom stereocenters. The molecule has 1 fully saturated rings. The van der Waals surface area contributed by atoms with Crippen LogP contribution in [0.25, 0.3) is 0 Å². The van der Waals surface area contributed by atoms with Gasteiger partial charge in [0.25, 0.3) is 0 Å². The van der Waals surface area contributed by atoms with E-state index in [1.807, 2.05) is 6.07 Å². The van der Waals surface area contributed by atoms with Gasteiger partial charge in [-0.2, -0.15) is 11.3 Å². The molecule has 5 heteroatoms. The average Bonchev–Trinajstić information content (AvgIpc) is 3.13. The first-order chi connectivity index (χ1) is 12.3. The Morgan fingerprint density at radius 2 is 2.12 bits per heavy atom. The largest absolute Gasteiger partial charge is 0.490 e. The minimum absolute atomic E-state index is 0.394. The van der Waals surface area contributed by atoms with Gasteiger partial charge in [-0.15, -0.1) is 0 Å². The first kappa shape index (κ1) is 17.8. The molecule has 0 aliphatic heterocycles. The minimum Gasteiger partial charge on any atom is -0.490 e. The molecular weight excluding hydrogens is 330 g/mol. The van der Waals surface area contributed by atoms with E-state index in [1.165, 1.54) is 30.4 Å². The van der Waals surface area contributed by atoms with Gasteiger partial charge in [-0.25, -0.2) is 0 Å². The van der Waals surface area contributed by atoms with Crippen molar-refractivity contribution in [3.63, 3.8) is 0 Å². The van der Waals surface area contributed by atoms with Crippen molar-refractivity contribution in [2.45, 2.75) is 44.8 Å². The standard InChI is InChI=1S/C20H27N3OS/c1-15(17-10-11-25-14-17)12-22-20(21-2)23-13-16-6-3-4-9-19(16)24-18-7-5-8-18/h3-4,6,9-11,14-15,18H,5,7-8,12-13H2,1-2H3,(H2,21,22,23). The Morgan fingerprint density at radius 3 is 2.80 bits per heavy atom. The zero-order valence-corrected chi connectivity index (χ0v) is 15.8. The maximum absolute atomic E-state index is 6.10. The predicted molar refractivity (Wildman–Crippen MR) is 106 cm³/mol. The van der Waals surface area contributed by atoms with Crippen LogP contribution in [0.5, 0.6) is 5.75 Å². The van der Waals surface area contributed by atoms with Gasteiger partial charge in [0.1, 0.15) is 5.75 Å². The van der Waals surface area contributed by atoms with Gasteiger partial charge in [0.2, 0.25) is 0 Å². The maximum Gasteiger partial charge on any atom is 0.191 e. The molecule has 4 nitrogen and oxygen atoms in total. The van der Waals surface area contributed by atoms with E-state index in [9.17, 15) is 0 Å². The lowest BCUT2D eigenvalue weighted by Crippen LogP contribution is -2.38. The van der Waals surface area contributed by atoms with Crippen LogP contribution >= 0.6 is 11.3 Å². The van der Waals surface area contributed by atoms with E-state index in [2.05, 4.69) is 57.6 Å².